The summed E-state index contributed by atoms with van der Waals surface area (Å²) >= 11 is 1.90. The van der Waals surface area contributed by atoms with Gasteiger partial charge in [0, 0.05) is 30.2 Å². The number of benzene rings is 1. The summed E-state index contributed by atoms with van der Waals surface area (Å²) in [4.78, 5) is 4.12. The molecule has 0 bridgehead atoms. The molecule has 0 amide bonds. The molecule has 0 atom stereocenters. The molecule has 0 spiro atoms. The molecule has 2 aromatic rings. The van der Waals surface area contributed by atoms with Crippen LogP contribution in [-0.4, -0.2) is 18.0 Å². The second-order valence-electron chi connectivity index (χ2n) is 4.89. The average Bonchev–Trinajstić information content (AvgIpc) is 2.84. The van der Waals surface area contributed by atoms with Crippen LogP contribution >= 0.6 is 11.3 Å². The molecule has 2 nitrogen and oxygen atoms in total. The highest BCUT2D eigenvalue weighted by Gasteiger charge is 2.16. The summed E-state index contributed by atoms with van der Waals surface area (Å²) in [6.45, 7) is 3.43. The maximum absolute atomic E-state index is 5.80. The number of thiophene rings is 1. The van der Waals surface area contributed by atoms with Gasteiger partial charge in [0.15, 0.2) is 0 Å². The fraction of sp³-hybridized carbons (Fsp3) is 0.333. The van der Waals surface area contributed by atoms with Crippen LogP contribution in [0.3, 0.4) is 0 Å². The molecule has 3 rings (SSSR count). The molecule has 3 heteroatoms. The van der Waals surface area contributed by atoms with Crippen molar-refractivity contribution in [2.45, 2.75) is 19.4 Å². The first kappa shape index (κ1) is 11.8. The molecular formula is C15H18N2S. The lowest BCUT2D eigenvalue weighted by atomic mass is 10.1. The van der Waals surface area contributed by atoms with Gasteiger partial charge in [-0.2, -0.15) is 0 Å². The van der Waals surface area contributed by atoms with Crippen LogP contribution < -0.4 is 5.73 Å². The Morgan fingerprint density at radius 1 is 1.28 bits per heavy atom. The van der Waals surface area contributed by atoms with E-state index in [1.54, 1.807) is 4.88 Å². The fourth-order valence-electron chi connectivity index (χ4n) is 2.53. The quantitative estimate of drug-likeness (QED) is 0.858. The molecule has 94 valence electrons. The van der Waals surface area contributed by atoms with Crippen molar-refractivity contribution in [2.24, 2.45) is 0 Å². The Labute approximate surface area is 112 Å². The summed E-state index contributed by atoms with van der Waals surface area (Å²) in [6.07, 6.45) is 2.30. The molecule has 2 heterocycles. The summed E-state index contributed by atoms with van der Waals surface area (Å²) < 4.78 is 0. The minimum atomic E-state index is 0.867. The lowest BCUT2D eigenvalue weighted by Crippen LogP contribution is -2.31. The molecule has 0 radical (unpaired) electrons. The number of hydrogen-bond acceptors (Lipinski definition) is 3. The molecule has 1 aliphatic heterocycles. The number of hydrogen-bond donors (Lipinski definition) is 1. The van der Waals surface area contributed by atoms with Crippen LogP contribution in [0.4, 0.5) is 5.69 Å². The zero-order valence-corrected chi connectivity index (χ0v) is 11.2. The third-order valence-electron chi connectivity index (χ3n) is 3.55. The minimum Gasteiger partial charge on any atom is -0.399 e. The molecule has 1 aromatic heterocycles. The Morgan fingerprint density at radius 2 is 2.22 bits per heavy atom. The third kappa shape index (κ3) is 2.57. The molecule has 0 aliphatic carbocycles. The van der Waals surface area contributed by atoms with Crippen LogP contribution in [0.15, 0.2) is 35.7 Å². The van der Waals surface area contributed by atoms with Gasteiger partial charge in [-0.05, 0) is 47.5 Å². The smallest absolute Gasteiger partial charge is 0.0316 e. The van der Waals surface area contributed by atoms with Crippen molar-refractivity contribution in [3.05, 3.63) is 51.7 Å². The van der Waals surface area contributed by atoms with E-state index in [0.717, 1.165) is 25.2 Å². The number of nitrogen functional groups attached to an aromatic ring is 1. The zero-order valence-electron chi connectivity index (χ0n) is 10.4. The Morgan fingerprint density at radius 3 is 3.11 bits per heavy atom. The van der Waals surface area contributed by atoms with Crippen molar-refractivity contribution >= 4 is 17.0 Å². The van der Waals surface area contributed by atoms with Crippen molar-refractivity contribution in [3.63, 3.8) is 0 Å². The Kier molecular flexibility index (Phi) is 3.35. The van der Waals surface area contributed by atoms with E-state index < -0.39 is 0 Å². The van der Waals surface area contributed by atoms with Crippen LogP contribution in [0.2, 0.25) is 0 Å². The molecule has 1 aliphatic rings. The van der Waals surface area contributed by atoms with Crippen molar-refractivity contribution < 1.29 is 0 Å². The zero-order chi connectivity index (χ0) is 12.4. The molecule has 0 saturated carbocycles. The number of fused-ring (bicyclic) bond motifs is 1. The van der Waals surface area contributed by atoms with Crippen LogP contribution in [0.25, 0.3) is 0 Å². The van der Waals surface area contributed by atoms with Gasteiger partial charge in [-0.1, -0.05) is 12.1 Å². The Bertz CT molecular complexity index is 533. The second kappa shape index (κ2) is 5.12. The van der Waals surface area contributed by atoms with E-state index in [0.29, 0.717) is 0 Å². The van der Waals surface area contributed by atoms with E-state index in [-0.39, 0.29) is 0 Å². The Balaban J connectivity index is 1.59. The number of nitrogens with zero attached hydrogens (tertiary/aromatic N) is 1. The fourth-order valence-corrected chi connectivity index (χ4v) is 3.42. The highest BCUT2D eigenvalue weighted by molar-refractivity contribution is 7.10. The summed E-state index contributed by atoms with van der Waals surface area (Å²) in [5, 5.41) is 2.21. The van der Waals surface area contributed by atoms with E-state index in [9.17, 15) is 0 Å². The van der Waals surface area contributed by atoms with Gasteiger partial charge in [-0.25, -0.2) is 0 Å². The van der Waals surface area contributed by atoms with Gasteiger partial charge in [0.2, 0.25) is 0 Å². The standard InChI is InChI=1S/C15H18N2S/c16-14-3-1-2-12(10-14)4-7-17-8-5-15-13(11-17)6-9-18-15/h1-3,6,9-10H,4-5,7-8,11,16H2. The lowest BCUT2D eigenvalue weighted by Gasteiger charge is -2.26. The summed E-state index contributed by atoms with van der Waals surface area (Å²) in [5.74, 6) is 0. The highest BCUT2D eigenvalue weighted by Crippen LogP contribution is 2.24. The molecule has 18 heavy (non-hydrogen) atoms. The van der Waals surface area contributed by atoms with Gasteiger partial charge in [-0.15, -0.1) is 11.3 Å². The normalized spacial score (nSPS) is 15.6. The third-order valence-corrected chi connectivity index (χ3v) is 4.58. The molecular weight excluding hydrogens is 240 g/mol. The summed E-state index contributed by atoms with van der Waals surface area (Å²) in [5.41, 5.74) is 9.54. The average molecular weight is 258 g/mol. The van der Waals surface area contributed by atoms with E-state index in [1.165, 1.54) is 24.1 Å². The van der Waals surface area contributed by atoms with Crippen molar-refractivity contribution in [1.29, 1.82) is 0 Å². The minimum absolute atomic E-state index is 0.867. The van der Waals surface area contributed by atoms with E-state index >= 15 is 0 Å². The topological polar surface area (TPSA) is 29.3 Å². The maximum atomic E-state index is 5.80. The van der Waals surface area contributed by atoms with Gasteiger partial charge < -0.3 is 5.73 Å². The monoisotopic (exact) mass is 258 g/mol. The lowest BCUT2D eigenvalue weighted by molar-refractivity contribution is 0.259. The van der Waals surface area contributed by atoms with Gasteiger partial charge in [0.1, 0.15) is 0 Å². The first-order valence-electron chi connectivity index (χ1n) is 6.43. The number of nitrogens with two attached hydrogens (primary N) is 1. The summed E-state index contributed by atoms with van der Waals surface area (Å²) in [6, 6.07) is 10.5. The predicted octanol–water partition coefficient (Wildman–Crippen LogP) is 2.93. The molecule has 0 fully saturated rings. The first-order chi connectivity index (χ1) is 8.81. The van der Waals surface area contributed by atoms with Crippen LogP contribution in [0.5, 0.6) is 0 Å². The highest BCUT2D eigenvalue weighted by atomic mass is 32.1. The van der Waals surface area contributed by atoms with Gasteiger partial charge >= 0.3 is 0 Å². The molecule has 2 N–H and O–H groups in total. The van der Waals surface area contributed by atoms with E-state index in [1.807, 2.05) is 23.5 Å². The van der Waals surface area contributed by atoms with Crippen molar-refractivity contribution in [1.82, 2.24) is 4.90 Å². The van der Waals surface area contributed by atoms with E-state index in [2.05, 4.69) is 28.5 Å². The Hall–Kier alpha value is -1.32. The van der Waals surface area contributed by atoms with Gasteiger partial charge in [0.25, 0.3) is 0 Å². The van der Waals surface area contributed by atoms with Crippen molar-refractivity contribution in [3.8, 4) is 0 Å². The van der Waals surface area contributed by atoms with Crippen LogP contribution in [-0.2, 0) is 19.4 Å². The second-order valence-corrected chi connectivity index (χ2v) is 5.89. The van der Waals surface area contributed by atoms with Crippen LogP contribution in [0, 0.1) is 0 Å². The van der Waals surface area contributed by atoms with Gasteiger partial charge in [-0.3, -0.25) is 4.90 Å². The SMILES string of the molecule is Nc1cccc(CCN2CCc3sccc3C2)c1. The number of anilines is 1. The summed E-state index contributed by atoms with van der Waals surface area (Å²) in [7, 11) is 0. The van der Waals surface area contributed by atoms with Gasteiger partial charge in [0.05, 0.1) is 0 Å². The molecule has 0 saturated heterocycles. The predicted molar refractivity (Wildman–Crippen MR) is 77.9 cm³/mol. The number of rotatable bonds is 3. The maximum Gasteiger partial charge on any atom is 0.0316 e. The van der Waals surface area contributed by atoms with Crippen LogP contribution in [0.1, 0.15) is 16.0 Å². The molecule has 1 aromatic carbocycles. The molecule has 0 unspecified atom stereocenters. The van der Waals surface area contributed by atoms with E-state index in [4.69, 9.17) is 5.73 Å². The largest absolute Gasteiger partial charge is 0.399 e. The first-order valence-corrected chi connectivity index (χ1v) is 7.31. The van der Waals surface area contributed by atoms with Crippen molar-refractivity contribution in [2.75, 3.05) is 18.8 Å².